The average molecular weight is 290 g/mol. The average Bonchev–Trinajstić information content (AvgIpc) is 2.26. The third kappa shape index (κ3) is 5.77. The number of ether oxygens (including phenoxy) is 1. The number of nitrogens with zero attached hydrogens (tertiary/aromatic N) is 1. The third-order valence-electron chi connectivity index (χ3n) is 2.65. The van der Waals surface area contributed by atoms with Crippen LogP contribution in [0.4, 0.5) is 13.2 Å². The van der Waals surface area contributed by atoms with E-state index in [2.05, 4.69) is 10.3 Å². The molecule has 0 spiro atoms. The highest BCUT2D eigenvalue weighted by molar-refractivity contribution is 5.28. The maximum atomic E-state index is 12.1. The first-order valence-corrected chi connectivity index (χ1v) is 6.47. The second kappa shape index (κ2) is 6.43. The molecule has 0 amide bonds. The van der Waals surface area contributed by atoms with Gasteiger partial charge in [-0.2, -0.15) is 13.2 Å². The van der Waals surface area contributed by atoms with Crippen molar-refractivity contribution < 1.29 is 17.9 Å². The SMILES string of the molecule is CNCc1cc(OCCC(F)(F)F)nc(C(C)(C)C)c1. The summed E-state index contributed by atoms with van der Waals surface area (Å²) in [6.07, 6.45) is -5.19. The van der Waals surface area contributed by atoms with Crippen LogP contribution in [0.3, 0.4) is 0 Å². The van der Waals surface area contributed by atoms with E-state index in [0.29, 0.717) is 6.54 Å². The van der Waals surface area contributed by atoms with E-state index in [9.17, 15) is 13.2 Å². The molecule has 0 unspecified atom stereocenters. The largest absolute Gasteiger partial charge is 0.477 e. The highest BCUT2D eigenvalue weighted by Crippen LogP contribution is 2.25. The molecule has 1 rings (SSSR count). The summed E-state index contributed by atoms with van der Waals surface area (Å²) >= 11 is 0. The monoisotopic (exact) mass is 290 g/mol. The van der Waals surface area contributed by atoms with Gasteiger partial charge in [0, 0.05) is 18.0 Å². The van der Waals surface area contributed by atoms with Gasteiger partial charge in [0.15, 0.2) is 0 Å². The molecule has 0 aliphatic carbocycles. The Hall–Kier alpha value is -1.30. The fourth-order valence-electron chi connectivity index (χ4n) is 1.59. The van der Waals surface area contributed by atoms with Crippen LogP contribution in [0.25, 0.3) is 0 Å². The molecule has 0 saturated heterocycles. The first kappa shape index (κ1) is 16.8. The highest BCUT2D eigenvalue weighted by atomic mass is 19.4. The van der Waals surface area contributed by atoms with E-state index in [0.717, 1.165) is 11.3 Å². The van der Waals surface area contributed by atoms with E-state index in [1.807, 2.05) is 26.8 Å². The summed E-state index contributed by atoms with van der Waals surface area (Å²) in [5.74, 6) is 0.243. The Morgan fingerprint density at radius 1 is 1.20 bits per heavy atom. The highest BCUT2D eigenvalue weighted by Gasteiger charge is 2.27. The first-order chi connectivity index (χ1) is 9.12. The minimum Gasteiger partial charge on any atom is -0.477 e. The molecule has 0 fully saturated rings. The molecule has 1 aromatic heterocycles. The molecule has 0 radical (unpaired) electrons. The quantitative estimate of drug-likeness (QED) is 0.902. The maximum Gasteiger partial charge on any atom is 0.392 e. The van der Waals surface area contributed by atoms with Crippen LogP contribution < -0.4 is 10.1 Å². The van der Waals surface area contributed by atoms with Crippen LogP contribution in [0.15, 0.2) is 12.1 Å². The van der Waals surface area contributed by atoms with Crippen LogP contribution in [0.2, 0.25) is 0 Å². The van der Waals surface area contributed by atoms with Crippen molar-refractivity contribution in [1.82, 2.24) is 10.3 Å². The Kier molecular flexibility index (Phi) is 5.39. The van der Waals surface area contributed by atoms with Crippen molar-refractivity contribution >= 4 is 0 Å². The molecule has 0 aromatic carbocycles. The number of aromatic nitrogens is 1. The number of rotatable bonds is 5. The van der Waals surface area contributed by atoms with Gasteiger partial charge >= 0.3 is 6.18 Å². The van der Waals surface area contributed by atoms with Crippen LogP contribution in [-0.4, -0.2) is 24.8 Å². The molecule has 3 nitrogen and oxygen atoms in total. The molecule has 0 aliphatic rings. The summed E-state index contributed by atoms with van der Waals surface area (Å²) in [6.45, 7) is 6.19. The van der Waals surface area contributed by atoms with E-state index in [4.69, 9.17) is 4.74 Å². The fraction of sp³-hybridized carbons (Fsp3) is 0.643. The van der Waals surface area contributed by atoms with Crippen molar-refractivity contribution in [3.63, 3.8) is 0 Å². The van der Waals surface area contributed by atoms with Crippen LogP contribution in [0.5, 0.6) is 5.88 Å². The lowest BCUT2D eigenvalue weighted by molar-refractivity contribution is -0.139. The van der Waals surface area contributed by atoms with Crippen LogP contribution >= 0.6 is 0 Å². The molecule has 1 aromatic rings. The summed E-state index contributed by atoms with van der Waals surface area (Å²) in [5, 5.41) is 3.01. The second-order valence-electron chi connectivity index (χ2n) is 5.69. The minimum absolute atomic E-state index is 0.189. The van der Waals surface area contributed by atoms with Crippen LogP contribution in [0.1, 0.15) is 38.4 Å². The van der Waals surface area contributed by atoms with Crippen molar-refractivity contribution in [2.45, 2.75) is 45.3 Å². The molecule has 114 valence electrons. The van der Waals surface area contributed by atoms with E-state index in [1.165, 1.54) is 0 Å². The zero-order valence-electron chi connectivity index (χ0n) is 12.3. The number of hydrogen-bond donors (Lipinski definition) is 1. The molecule has 0 bridgehead atoms. The standard InChI is InChI=1S/C14H21F3N2O/c1-13(2,3)11-7-10(9-18-4)8-12(19-11)20-6-5-14(15,16)17/h7-8,18H,5-6,9H2,1-4H3. The number of nitrogens with one attached hydrogen (secondary N) is 1. The number of halogens is 3. The molecular formula is C14H21F3N2O. The minimum atomic E-state index is -4.21. The first-order valence-electron chi connectivity index (χ1n) is 6.47. The van der Waals surface area contributed by atoms with Gasteiger partial charge in [0.05, 0.1) is 18.7 Å². The molecule has 20 heavy (non-hydrogen) atoms. The smallest absolute Gasteiger partial charge is 0.392 e. The summed E-state index contributed by atoms with van der Waals surface area (Å²) in [7, 11) is 1.81. The van der Waals surface area contributed by atoms with Gasteiger partial charge in [-0.3, -0.25) is 0 Å². The Labute approximate surface area is 117 Å². The van der Waals surface area contributed by atoms with Gasteiger partial charge in [-0.15, -0.1) is 0 Å². The van der Waals surface area contributed by atoms with Gasteiger partial charge in [0.25, 0.3) is 0 Å². The fourth-order valence-corrected chi connectivity index (χ4v) is 1.59. The van der Waals surface area contributed by atoms with E-state index >= 15 is 0 Å². The zero-order valence-corrected chi connectivity index (χ0v) is 12.3. The molecule has 6 heteroatoms. The van der Waals surface area contributed by atoms with E-state index < -0.39 is 19.2 Å². The van der Waals surface area contributed by atoms with Crippen LogP contribution in [0, 0.1) is 0 Å². The molecule has 1 heterocycles. The van der Waals surface area contributed by atoms with Crippen molar-refractivity contribution in [1.29, 1.82) is 0 Å². The van der Waals surface area contributed by atoms with Gasteiger partial charge in [0.1, 0.15) is 0 Å². The summed E-state index contributed by atoms with van der Waals surface area (Å²) in [6, 6.07) is 3.61. The predicted molar refractivity (Wildman–Crippen MR) is 71.9 cm³/mol. The Bertz CT molecular complexity index is 439. The lowest BCUT2D eigenvalue weighted by Gasteiger charge is -2.20. The van der Waals surface area contributed by atoms with Gasteiger partial charge in [-0.1, -0.05) is 20.8 Å². The molecular weight excluding hydrogens is 269 g/mol. The summed E-state index contributed by atoms with van der Waals surface area (Å²) in [5.41, 5.74) is 1.55. The normalized spacial score (nSPS) is 12.6. The topological polar surface area (TPSA) is 34.1 Å². The lowest BCUT2D eigenvalue weighted by Crippen LogP contribution is -2.17. The Morgan fingerprint density at radius 2 is 1.85 bits per heavy atom. The van der Waals surface area contributed by atoms with Crippen molar-refractivity contribution in [2.24, 2.45) is 0 Å². The number of alkyl halides is 3. The van der Waals surface area contributed by atoms with Crippen LogP contribution in [-0.2, 0) is 12.0 Å². The number of pyridine rings is 1. The van der Waals surface area contributed by atoms with Gasteiger partial charge < -0.3 is 10.1 Å². The second-order valence-corrected chi connectivity index (χ2v) is 5.69. The molecule has 0 saturated carbocycles. The molecule has 1 N–H and O–H groups in total. The summed E-state index contributed by atoms with van der Waals surface area (Å²) < 4.78 is 41.5. The van der Waals surface area contributed by atoms with Crippen molar-refractivity contribution in [3.8, 4) is 5.88 Å². The van der Waals surface area contributed by atoms with Gasteiger partial charge in [-0.25, -0.2) is 4.98 Å². The predicted octanol–water partition coefficient (Wildman–Crippen LogP) is 3.43. The number of hydrogen-bond acceptors (Lipinski definition) is 3. The van der Waals surface area contributed by atoms with Crippen molar-refractivity contribution in [2.75, 3.05) is 13.7 Å². The van der Waals surface area contributed by atoms with Gasteiger partial charge in [-0.05, 0) is 18.7 Å². The van der Waals surface area contributed by atoms with Crippen molar-refractivity contribution in [3.05, 3.63) is 23.4 Å². The Balaban J connectivity index is 2.86. The summed E-state index contributed by atoms with van der Waals surface area (Å²) in [4.78, 5) is 4.29. The molecule has 0 aliphatic heterocycles. The third-order valence-corrected chi connectivity index (χ3v) is 2.65. The lowest BCUT2D eigenvalue weighted by atomic mass is 9.91. The maximum absolute atomic E-state index is 12.1. The van der Waals surface area contributed by atoms with E-state index in [-0.39, 0.29) is 11.3 Å². The Morgan fingerprint density at radius 3 is 2.35 bits per heavy atom. The van der Waals surface area contributed by atoms with E-state index in [1.54, 1.807) is 13.1 Å². The zero-order chi connectivity index (χ0) is 15.4. The molecule has 0 atom stereocenters. The van der Waals surface area contributed by atoms with Gasteiger partial charge in [0.2, 0.25) is 5.88 Å².